The van der Waals surface area contributed by atoms with E-state index in [9.17, 15) is 4.79 Å². The molecule has 2 heterocycles. The highest BCUT2D eigenvalue weighted by molar-refractivity contribution is 5.96. The number of esters is 1. The maximum absolute atomic E-state index is 11.6. The summed E-state index contributed by atoms with van der Waals surface area (Å²) in [5, 5.41) is 1.20. The Morgan fingerprint density at radius 1 is 1.12 bits per heavy atom. The summed E-state index contributed by atoms with van der Waals surface area (Å²) in [4.78, 5) is 11.6. The molecule has 0 N–H and O–H groups in total. The lowest BCUT2D eigenvalue weighted by Gasteiger charge is -2.24. The molecule has 0 aliphatic heterocycles. The van der Waals surface area contributed by atoms with Gasteiger partial charge in [0.1, 0.15) is 12.0 Å². The Hall–Kier alpha value is -3.53. The lowest BCUT2D eigenvalue weighted by atomic mass is 9.81. The Morgan fingerprint density at radius 3 is 2.66 bits per heavy atom. The van der Waals surface area contributed by atoms with Gasteiger partial charge in [-0.15, -0.1) is 0 Å². The molecular weight excluding hydrogens is 398 g/mol. The van der Waals surface area contributed by atoms with Crippen LogP contribution in [0.3, 0.4) is 0 Å². The Kier molecular flexibility index (Phi) is 5.44. The van der Waals surface area contributed by atoms with Gasteiger partial charge in [0.15, 0.2) is 0 Å². The van der Waals surface area contributed by atoms with Crippen molar-refractivity contribution in [3.63, 3.8) is 0 Å². The van der Waals surface area contributed by atoms with Gasteiger partial charge in [-0.1, -0.05) is 56.2 Å². The number of fused-ring (bicyclic) bond motifs is 1. The van der Waals surface area contributed by atoms with Gasteiger partial charge in [-0.2, -0.15) is 0 Å². The summed E-state index contributed by atoms with van der Waals surface area (Å²) >= 11 is 0. The molecule has 1 saturated carbocycles. The van der Waals surface area contributed by atoms with E-state index in [1.165, 1.54) is 55.7 Å². The number of carbonyl (C=O) groups excluding carboxylic acids is 1. The van der Waals surface area contributed by atoms with Gasteiger partial charge in [-0.05, 0) is 42.0 Å². The zero-order valence-corrected chi connectivity index (χ0v) is 18.3. The number of benzene rings is 2. The summed E-state index contributed by atoms with van der Waals surface area (Å²) in [6, 6.07) is 16.3. The topological polar surface area (TPSA) is 44.4 Å². The Morgan fingerprint density at radius 2 is 1.94 bits per heavy atom. The predicted molar refractivity (Wildman–Crippen MR) is 128 cm³/mol. The van der Waals surface area contributed by atoms with Crippen LogP contribution in [0.4, 0.5) is 0 Å². The molecule has 0 atom stereocenters. The molecule has 4 heteroatoms. The van der Waals surface area contributed by atoms with Gasteiger partial charge in [0.05, 0.1) is 23.2 Å². The van der Waals surface area contributed by atoms with Crippen LogP contribution in [0.2, 0.25) is 0 Å². The molecule has 162 valence electrons. The van der Waals surface area contributed by atoms with E-state index in [4.69, 9.17) is 9.15 Å². The first-order valence-electron chi connectivity index (χ1n) is 11.3. The number of furan rings is 1. The smallest absolute Gasteiger partial charge is 0.308 e. The van der Waals surface area contributed by atoms with Crippen molar-refractivity contribution < 1.29 is 13.9 Å². The van der Waals surface area contributed by atoms with E-state index in [-0.39, 0.29) is 5.97 Å². The van der Waals surface area contributed by atoms with Crippen LogP contribution in [0, 0.1) is 0 Å². The predicted octanol–water partition coefficient (Wildman–Crippen LogP) is 7.51. The van der Waals surface area contributed by atoms with Crippen LogP contribution in [-0.4, -0.2) is 10.5 Å². The van der Waals surface area contributed by atoms with Crippen molar-refractivity contribution in [2.45, 2.75) is 44.9 Å². The molecule has 4 nitrogen and oxygen atoms in total. The van der Waals surface area contributed by atoms with Crippen molar-refractivity contribution in [2.24, 2.45) is 0 Å². The second-order valence-corrected chi connectivity index (χ2v) is 8.48. The largest absolute Gasteiger partial charge is 0.470 e. The average Bonchev–Trinajstić information content (AvgIpc) is 3.45. The van der Waals surface area contributed by atoms with E-state index in [1.807, 2.05) is 30.3 Å². The van der Waals surface area contributed by atoms with Crippen molar-refractivity contribution in [3.05, 3.63) is 78.8 Å². The quantitative estimate of drug-likeness (QED) is 0.245. The first-order valence-corrected chi connectivity index (χ1v) is 11.3. The second-order valence-electron chi connectivity index (χ2n) is 8.48. The van der Waals surface area contributed by atoms with E-state index in [1.54, 1.807) is 12.5 Å². The lowest BCUT2D eigenvalue weighted by Crippen LogP contribution is -2.07. The van der Waals surface area contributed by atoms with Crippen molar-refractivity contribution in [1.29, 1.82) is 0 Å². The first kappa shape index (κ1) is 20.4. The highest BCUT2D eigenvalue weighted by atomic mass is 16.5. The molecule has 5 rings (SSSR count). The van der Waals surface area contributed by atoms with Crippen molar-refractivity contribution in [1.82, 2.24) is 4.57 Å². The van der Waals surface area contributed by atoms with Crippen molar-refractivity contribution in [2.75, 3.05) is 0 Å². The van der Waals surface area contributed by atoms with Crippen molar-refractivity contribution in [3.8, 4) is 22.7 Å². The van der Waals surface area contributed by atoms with Crippen LogP contribution >= 0.6 is 0 Å². The third kappa shape index (κ3) is 3.56. The Balaban J connectivity index is 1.88. The molecular formula is C28H27NO3. The number of rotatable bonds is 5. The van der Waals surface area contributed by atoms with Crippen molar-refractivity contribution >= 4 is 22.9 Å². The SMILES string of the molecule is C=Cc1ccccc1-c1c(C2CCCCC2)c2ccc(OC(C)=O)cc2n1-c1ccoc1. The van der Waals surface area contributed by atoms with Gasteiger partial charge >= 0.3 is 5.97 Å². The Bertz CT molecular complexity index is 1270. The number of hydrogen-bond donors (Lipinski definition) is 0. The van der Waals surface area contributed by atoms with Gasteiger partial charge in [0.25, 0.3) is 0 Å². The van der Waals surface area contributed by atoms with Crippen LogP contribution in [0.15, 0.2) is 72.1 Å². The maximum Gasteiger partial charge on any atom is 0.308 e. The van der Waals surface area contributed by atoms with Gasteiger partial charge in [0, 0.05) is 30.0 Å². The highest BCUT2D eigenvalue weighted by Crippen LogP contribution is 2.46. The molecule has 1 aliphatic carbocycles. The first-order chi connectivity index (χ1) is 15.7. The Labute approximate surface area is 188 Å². The van der Waals surface area contributed by atoms with Crippen LogP contribution in [0.5, 0.6) is 5.75 Å². The monoisotopic (exact) mass is 425 g/mol. The zero-order valence-electron chi connectivity index (χ0n) is 18.3. The molecule has 0 bridgehead atoms. The van der Waals surface area contributed by atoms with Crippen LogP contribution in [0.25, 0.3) is 33.9 Å². The molecule has 2 aromatic carbocycles. The molecule has 1 aliphatic rings. The van der Waals surface area contributed by atoms with Crippen LogP contribution < -0.4 is 4.74 Å². The van der Waals surface area contributed by atoms with Gasteiger partial charge in [-0.3, -0.25) is 4.79 Å². The molecule has 0 saturated heterocycles. The van der Waals surface area contributed by atoms with Gasteiger partial charge in [-0.25, -0.2) is 0 Å². The minimum absolute atomic E-state index is 0.324. The number of hydrogen-bond acceptors (Lipinski definition) is 3. The second kappa shape index (κ2) is 8.54. The number of aromatic nitrogens is 1. The average molecular weight is 426 g/mol. The maximum atomic E-state index is 11.6. The summed E-state index contributed by atoms with van der Waals surface area (Å²) in [5.74, 6) is 0.702. The normalized spacial score (nSPS) is 14.5. The molecule has 32 heavy (non-hydrogen) atoms. The highest BCUT2D eigenvalue weighted by Gasteiger charge is 2.28. The lowest BCUT2D eigenvalue weighted by molar-refractivity contribution is -0.131. The zero-order chi connectivity index (χ0) is 22.1. The van der Waals surface area contributed by atoms with Crippen LogP contribution in [-0.2, 0) is 4.79 Å². The summed E-state index contributed by atoms with van der Waals surface area (Å²) < 4.78 is 13.2. The molecule has 2 aromatic heterocycles. The summed E-state index contributed by atoms with van der Waals surface area (Å²) in [6.07, 6.45) is 11.5. The van der Waals surface area contributed by atoms with Crippen LogP contribution in [0.1, 0.15) is 56.1 Å². The third-order valence-corrected chi connectivity index (χ3v) is 6.45. The summed E-state index contributed by atoms with van der Waals surface area (Å²) in [5.41, 5.74) is 6.74. The molecule has 1 fully saturated rings. The molecule has 0 amide bonds. The third-order valence-electron chi connectivity index (χ3n) is 6.45. The van der Waals surface area contributed by atoms with Gasteiger partial charge < -0.3 is 13.7 Å². The number of carbonyl (C=O) groups is 1. The van der Waals surface area contributed by atoms with E-state index < -0.39 is 0 Å². The fraction of sp³-hybridized carbons (Fsp3) is 0.250. The van der Waals surface area contributed by atoms with Gasteiger partial charge in [0.2, 0.25) is 0 Å². The molecule has 0 unspecified atom stereocenters. The fourth-order valence-corrected chi connectivity index (χ4v) is 5.14. The minimum atomic E-state index is -0.324. The van der Waals surface area contributed by atoms with E-state index >= 15 is 0 Å². The standard InChI is InChI=1S/C28H27NO3/c1-3-20-9-7-8-12-24(20)28-27(21-10-5-4-6-11-21)25-14-13-23(32-19(2)30)17-26(25)29(28)22-15-16-31-18-22/h3,7-9,12-18,21H,1,4-6,10-11H2,2H3. The van der Waals surface area contributed by atoms with E-state index in [0.29, 0.717) is 11.7 Å². The molecule has 0 radical (unpaired) electrons. The molecule has 4 aromatic rings. The van der Waals surface area contributed by atoms with E-state index in [2.05, 4.69) is 35.4 Å². The summed E-state index contributed by atoms with van der Waals surface area (Å²) in [7, 11) is 0. The summed E-state index contributed by atoms with van der Waals surface area (Å²) in [6.45, 7) is 5.50. The number of ether oxygens (including phenoxy) is 1. The minimum Gasteiger partial charge on any atom is -0.470 e. The van der Waals surface area contributed by atoms with E-state index in [0.717, 1.165) is 22.3 Å². The molecule has 0 spiro atoms. The number of nitrogens with zero attached hydrogens (tertiary/aromatic N) is 1. The fourth-order valence-electron chi connectivity index (χ4n) is 5.14.